The van der Waals surface area contributed by atoms with E-state index in [1.54, 1.807) is 24.3 Å². The Bertz CT molecular complexity index is 546. The number of hydrogen-bond acceptors (Lipinski definition) is 2. The highest BCUT2D eigenvalue weighted by molar-refractivity contribution is 6.30. The number of nitrogens with zero attached hydrogens (tertiary/aromatic N) is 1. The third kappa shape index (κ3) is 2.90. The van der Waals surface area contributed by atoms with Gasteiger partial charge in [-0.2, -0.15) is 5.10 Å². The van der Waals surface area contributed by atoms with E-state index in [1.165, 1.54) is 0 Å². The van der Waals surface area contributed by atoms with Gasteiger partial charge in [-0.05, 0) is 30.2 Å². The highest BCUT2D eigenvalue weighted by Crippen LogP contribution is 2.16. The van der Waals surface area contributed by atoms with Crippen molar-refractivity contribution in [2.45, 2.75) is 19.8 Å². The molecule has 0 saturated heterocycles. The molecular weight excluding hydrogens is 250 g/mol. The number of rotatable bonds is 3. The molecule has 0 aliphatic rings. The van der Waals surface area contributed by atoms with Crippen LogP contribution in [-0.4, -0.2) is 16.1 Å². The predicted molar refractivity (Wildman–Crippen MR) is 72.1 cm³/mol. The van der Waals surface area contributed by atoms with Gasteiger partial charge in [0.05, 0.1) is 0 Å². The number of aromatic nitrogens is 2. The zero-order valence-electron chi connectivity index (χ0n) is 10.2. The number of carbonyl (C=O) groups is 1. The molecule has 94 valence electrons. The van der Waals surface area contributed by atoms with Gasteiger partial charge in [-0.25, -0.2) is 0 Å². The molecule has 2 N–H and O–H groups in total. The summed E-state index contributed by atoms with van der Waals surface area (Å²) in [6, 6.07) is 8.54. The smallest absolute Gasteiger partial charge is 0.256 e. The topological polar surface area (TPSA) is 57.8 Å². The van der Waals surface area contributed by atoms with Crippen molar-refractivity contribution in [3.63, 3.8) is 0 Å². The molecule has 1 aromatic carbocycles. The van der Waals surface area contributed by atoms with Gasteiger partial charge in [-0.15, -0.1) is 0 Å². The van der Waals surface area contributed by atoms with Crippen LogP contribution >= 0.6 is 11.6 Å². The predicted octanol–water partition coefficient (Wildman–Crippen LogP) is 3.44. The van der Waals surface area contributed by atoms with Gasteiger partial charge < -0.3 is 5.32 Å². The van der Waals surface area contributed by atoms with Gasteiger partial charge in [0, 0.05) is 22.3 Å². The molecule has 5 heteroatoms. The first-order chi connectivity index (χ1) is 8.56. The van der Waals surface area contributed by atoms with E-state index in [0.29, 0.717) is 22.3 Å². The minimum atomic E-state index is -0.200. The summed E-state index contributed by atoms with van der Waals surface area (Å²) in [7, 11) is 0. The SMILES string of the molecule is CC(C)c1cc(NC(=O)c2ccc(Cl)cc2)n[nH]1. The first kappa shape index (κ1) is 12.6. The summed E-state index contributed by atoms with van der Waals surface area (Å²) in [4.78, 5) is 11.9. The van der Waals surface area contributed by atoms with Crippen LogP contribution in [0.2, 0.25) is 5.02 Å². The molecular formula is C13H14ClN3O. The molecule has 0 bridgehead atoms. The van der Waals surface area contributed by atoms with Crippen LogP contribution in [0.5, 0.6) is 0 Å². The van der Waals surface area contributed by atoms with Crippen LogP contribution in [0.4, 0.5) is 5.82 Å². The van der Waals surface area contributed by atoms with Crippen LogP contribution in [0.1, 0.15) is 35.8 Å². The summed E-state index contributed by atoms with van der Waals surface area (Å²) in [6.45, 7) is 4.11. The summed E-state index contributed by atoms with van der Waals surface area (Å²) in [5.74, 6) is 0.672. The number of amides is 1. The summed E-state index contributed by atoms with van der Waals surface area (Å²) < 4.78 is 0. The molecule has 0 atom stereocenters. The maximum Gasteiger partial charge on any atom is 0.256 e. The van der Waals surface area contributed by atoms with Crippen LogP contribution in [0, 0.1) is 0 Å². The maximum absolute atomic E-state index is 11.9. The van der Waals surface area contributed by atoms with E-state index in [4.69, 9.17) is 11.6 Å². The van der Waals surface area contributed by atoms with E-state index in [2.05, 4.69) is 29.4 Å². The quantitative estimate of drug-likeness (QED) is 0.891. The van der Waals surface area contributed by atoms with Gasteiger partial charge >= 0.3 is 0 Å². The van der Waals surface area contributed by atoms with Crippen molar-refractivity contribution >= 4 is 23.3 Å². The second kappa shape index (κ2) is 5.23. The molecule has 1 amide bonds. The fourth-order valence-electron chi connectivity index (χ4n) is 1.49. The Morgan fingerprint density at radius 3 is 2.56 bits per heavy atom. The Morgan fingerprint density at radius 2 is 2.00 bits per heavy atom. The molecule has 2 aromatic rings. The van der Waals surface area contributed by atoms with E-state index in [1.807, 2.05) is 6.07 Å². The maximum atomic E-state index is 11.9. The zero-order chi connectivity index (χ0) is 13.1. The summed E-state index contributed by atoms with van der Waals surface area (Å²) in [6.07, 6.45) is 0. The van der Waals surface area contributed by atoms with Crippen molar-refractivity contribution in [2.24, 2.45) is 0 Å². The van der Waals surface area contributed by atoms with E-state index < -0.39 is 0 Å². The number of nitrogens with one attached hydrogen (secondary N) is 2. The first-order valence-corrected chi connectivity index (χ1v) is 6.06. The standard InChI is InChI=1S/C13H14ClN3O/c1-8(2)11-7-12(17-16-11)15-13(18)9-3-5-10(14)6-4-9/h3-8H,1-2H3,(H2,15,16,17,18). The fourth-order valence-corrected chi connectivity index (χ4v) is 1.61. The molecule has 4 nitrogen and oxygen atoms in total. The largest absolute Gasteiger partial charge is 0.305 e. The van der Waals surface area contributed by atoms with Crippen LogP contribution < -0.4 is 5.32 Å². The van der Waals surface area contributed by atoms with Gasteiger partial charge in [-0.1, -0.05) is 25.4 Å². The molecule has 0 radical (unpaired) electrons. The molecule has 0 aliphatic carbocycles. The minimum absolute atomic E-state index is 0.200. The van der Waals surface area contributed by atoms with Gasteiger partial charge in [-0.3, -0.25) is 9.89 Å². The van der Waals surface area contributed by atoms with Gasteiger partial charge in [0.1, 0.15) is 0 Å². The van der Waals surface area contributed by atoms with Gasteiger partial charge in [0.25, 0.3) is 5.91 Å². The second-order valence-electron chi connectivity index (χ2n) is 4.32. The molecule has 1 heterocycles. The second-order valence-corrected chi connectivity index (χ2v) is 4.76. The minimum Gasteiger partial charge on any atom is -0.305 e. The highest BCUT2D eigenvalue weighted by atomic mass is 35.5. The van der Waals surface area contributed by atoms with Crippen molar-refractivity contribution < 1.29 is 4.79 Å². The number of carbonyl (C=O) groups excluding carboxylic acids is 1. The lowest BCUT2D eigenvalue weighted by Crippen LogP contribution is -2.11. The van der Waals surface area contributed by atoms with Crippen molar-refractivity contribution in [2.75, 3.05) is 5.32 Å². The number of H-pyrrole nitrogens is 1. The fraction of sp³-hybridized carbons (Fsp3) is 0.231. The van der Waals surface area contributed by atoms with Crippen LogP contribution in [0.3, 0.4) is 0 Å². The molecule has 1 aromatic heterocycles. The summed E-state index contributed by atoms with van der Waals surface area (Å²) in [5.41, 5.74) is 1.54. The Hall–Kier alpha value is -1.81. The summed E-state index contributed by atoms with van der Waals surface area (Å²) in [5, 5.41) is 10.3. The van der Waals surface area contributed by atoms with Crippen molar-refractivity contribution in [1.29, 1.82) is 0 Å². The highest BCUT2D eigenvalue weighted by Gasteiger charge is 2.09. The van der Waals surface area contributed by atoms with E-state index in [0.717, 1.165) is 5.69 Å². The molecule has 0 aliphatic heterocycles. The molecule has 18 heavy (non-hydrogen) atoms. The van der Waals surface area contributed by atoms with E-state index >= 15 is 0 Å². The number of hydrogen-bond donors (Lipinski definition) is 2. The third-order valence-corrected chi connectivity index (χ3v) is 2.82. The molecule has 0 fully saturated rings. The number of halogens is 1. The lowest BCUT2D eigenvalue weighted by molar-refractivity contribution is 0.102. The number of anilines is 1. The van der Waals surface area contributed by atoms with Crippen LogP contribution in [0.15, 0.2) is 30.3 Å². The van der Waals surface area contributed by atoms with Crippen molar-refractivity contribution in [3.05, 3.63) is 46.6 Å². The Kier molecular flexibility index (Phi) is 3.67. The Morgan fingerprint density at radius 1 is 1.33 bits per heavy atom. The monoisotopic (exact) mass is 263 g/mol. The number of aromatic amines is 1. The van der Waals surface area contributed by atoms with Gasteiger partial charge in [0.15, 0.2) is 5.82 Å². The Balaban J connectivity index is 2.08. The zero-order valence-corrected chi connectivity index (χ0v) is 11.0. The molecule has 2 rings (SSSR count). The van der Waals surface area contributed by atoms with Crippen molar-refractivity contribution in [1.82, 2.24) is 10.2 Å². The molecule has 0 saturated carbocycles. The summed E-state index contributed by atoms with van der Waals surface area (Å²) >= 11 is 5.77. The van der Waals surface area contributed by atoms with Gasteiger partial charge in [0.2, 0.25) is 0 Å². The van der Waals surface area contributed by atoms with E-state index in [9.17, 15) is 4.79 Å². The Labute approximate surface area is 110 Å². The lowest BCUT2D eigenvalue weighted by Gasteiger charge is -2.01. The lowest BCUT2D eigenvalue weighted by atomic mass is 10.1. The third-order valence-electron chi connectivity index (χ3n) is 2.57. The average molecular weight is 264 g/mol. The molecule has 0 spiro atoms. The van der Waals surface area contributed by atoms with Crippen molar-refractivity contribution in [3.8, 4) is 0 Å². The molecule has 0 unspecified atom stereocenters. The average Bonchev–Trinajstić information content (AvgIpc) is 2.78. The van der Waals surface area contributed by atoms with Crippen LogP contribution in [-0.2, 0) is 0 Å². The number of benzene rings is 1. The van der Waals surface area contributed by atoms with E-state index in [-0.39, 0.29) is 5.91 Å². The normalized spacial score (nSPS) is 10.7. The van der Waals surface area contributed by atoms with Crippen LogP contribution in [0.25, 0.3) is 0 Å². The first-order valence-electron chi connectivity index (χ1n) is 5.68.